The van der Waals surface area contributed by atoms with E-state index < -0.39 is 15.8 Å². The van der Waals surface area contributed by atoms with Gasteiger partial charge >= 0.3 is 0 Å². The second-order valence-electron chi connectivity index (χ2n) is 5.42. The third-order valence-electron chi connectivity index (χ3n) is 3.49. The van der Waals surface area contributed by atoms with Crippen LogP contribution in [0.25, 0.3) is 0 Å². The summed E-state index contributed by atoms with van der Waals surface area (Å²) < 4.78 is 40.1. The molecule has 0 aliphatic rings. The summed E-state index contributed by atoms with van der Waals surface area (Å²) >= 11 is 0. The highest BCUT2D eigenvalue weighted by Crippen LogP contribution is 2.17. The zero-order chi connectivity index (χ0) is 17.7. The van der Waals surface area contributed by atoms with Crippen LogP contribution < -0.4 is 10.0 Å². The van der Waals surface area contributed by atoms with Gasteiger partial charge in [-0.2, -0.15) is 0 Å². The zero-order valence-electron chi connectivity index (χ0n) is 13.4. The number of halogens is 1. The van der Waals surface area contributed by atoms with Crippen molar-refractivity contribution in [2.45, 2.75) is 31.2 Å². The van der Waals surface area contributed by atoms with Crippen molar-refractivity contribution in [2.24, 2.45) is 0 Å². The minimum absolute atomic E-state index is 0.00453. The monoisotopic (exact) mass is 350 g/mol. The predicted octanol–water partition coefficient (Wildman–Crippen LogP) is 3.15. The molecule has 0 bridgehead atoms. The van der Waals surface area contributed by atoms with Crippen LogP contribution in [0.2, 0.25) is 0 Å². The minimum Gasteiger partial charge on any atom is -0.350 e. The lowest BCUT2D eigenvalue weighted by Crippen LogP contribution is -2.32. The molecular formula is C17H19FN2O3S. The van der Waals surface area contributed by atoms with E-state index in [1.807, 2.05) is 13.8 Å². The van der Waals surface area contributed by atoms with Gasteiger partial charge in [-0.05, 0) is 55.8 Å². The van der Waals surface area contributed by atoms with Crippen molar-refractivity contribution in [2.75, 3.05) is 4.72 Å². The number of amides is 1. The molecule has 2 aromatic carbocycles. The molecular weight excluding hydrogens is 331 g/mol. The maximum atomic E-state index is 12.9. The Morgan fingerprint density at radius 2 is 1.83 bits per heavy atom. The Balaban J connectivity index is 2.23. The molecule has 0 aromatic heterocycles. The summed E-state index contributed by atoms with van der Waals surface area (Å²) in [7, 11) is -3.87. The number of carbonyl (C=O) groups excluding carboxylic acids is 1. The van der Waals surface area contributed by atoms with Crippen molar-refractivity contribution in [3.63, 3.8) is 0 Å². The van der Waals surface area contributed by atoms with Gasteiger partial charge in [0.05, 0.1) is 4.90 Å². The predicted molar refractivity (Wildman–Crippen MR) is 90.9 cm³/mol. The van der Waals surface area contributed by atoms with E-state index in [0.29, 0.717) is 0 Å². The number of carbonyl (C=O) groups is 1. The summed E-state index contributed by atoms with van der Waals surface area (Å²) in [4.78, 5) is 12.1. The Morgan fingerprint density at radius 1 is 1.17 bits per heavy atom. The van der Waals surface area contributed by atoms with E-state index in [9.17, 15) is 17.6 Å². The van der Waals surface area contributed by atoms with Crippen molar-refractivity contribution < 1.29 is 17.6 Å². The Hall–Kier alpha value is -2.41. The topological polar surface area (TPSA) is 75.3 Å². The van der Waals surface area contributed by atoms with Crippen LogP contribution in [0.4, 0.5) is 10.1 Å². The summed E-state index contributed by atoms with van der Waals surface area (Å²) in [6, 6.07) is 10.7. The molecule has 0 heterocycles. The van der Waals surface area contributed by atoms with Crippen molar-refractivity contribution >= 4 is 21.6 Å². The number of anilines is 1. The smallest absolute Gasteiger partial charge is 0.261 e. The fourth-order valence-corrected chi connectivity index (χ4v) is 3.05. The van der Waals surface area contributed by atoms with Crippen LogP contribution in [0.15, 0.2) is 53.4 Å². The average Bonchev–Trinajstić information content (AvgIpc) is 2.56. The Morgan fingerprint density at radius 3 is 2.46 bits per heavy atom. The zero-order valence-corrected chi connectivity index (χ0v) is 14.2. The summed E-state index contributed by atoms with van der Waals surface area (Å²) in [6.07, 6.45) is 0.774. The van der Waals surface area contributed by atoms with Crippen LogP contribution >= 0.6 is 0 Å². The van der Waals surface area contributed by atoms with E-state index in [4.69, 9.17) is 0 Å². The molecule has 7 heteroatoms. The second kappa shape index (κ2) is 7.44. The van der Waals surface area contributed by atoms with Gasteiger partial charge < -0.3 is 5.32 Å². The number of hydrogen-bond acceptors (Lipinski definition) is 3. The molecule has 1 atom stereocenters. The average molecular weight is 350 g/mol. The first-order chi connectivity index (χ1) is 11.3. The summed E-state index contributed by atoms with van der Waals surface area (Å²) in [5, 5.41) is 2.78. The van der Waals surface area contributed by atoms with Gasteiger partial charge in [0.1, 0.15) is 5.82 Å². The molecule has 0 unspecified atom stereocenters. The lowest BCUT2D eigenvalue weighted by atomic mass is 10.2. The molecule has 128 valence electrons. The Labute approximate surface area is 141 Å². The SMILES string of the molecule is CC[C@@H](C)NC(=O)c1cccc(S(=O)(=O)Nc2ccc(F)cc2)c1. The summed E-state index contributed by atoms with van der Waals surface area (Å²) in [5.41, 5.74) is 0.503. The van der Waals surface area contributed by atoms with Gasteiger partial charge in [-0.25, -0.2) is 12.8 Å². The van der Waals surface area contributed by atoms with Gasteiger partial charge in [-0.3, -0.25) is 9.52 Å². The molecule has 2 N–H and O–H groups in total. The fourth-order valence-electron chi connectivity index (χ4n) is 1.95. The van der Waals surface area contributed by atoms with Crippen molar-refractivity contribution in [1.29, 1.82) is 0 Å². The number of benzene rings is 2. The lowest BCUT2D eigenvalue weighted by molar-refractivity contribution is 0.0939. The molecule has 0 radical (unpaired) electrons. The van der Waals surface area contributed by atoms with E-state index in [2.05, 4.69) is 10.0 Å². The summed E-state index contributed by atoms with van der Waals surface area (Å²) in [5.74, 6) is -0.787. The molecule has 0 aliphatic heterocycles. The molecule has 0 fully saturated rings. The van der Waals surface area contributed by atoms with Gasteiger partial charge in [0.15, 0.2) is 0 Å². The molecule has 0 saturated heterocycles. The van der Waals surface area contributed by atoms with Crippen molar-refractivity contribution in [3.05, 3.63) is 59.9 Å². The van der Waals surface area contributed by atoms with Crippen molar-refractivity contribution in [3.8, 4) is 0 Å². The second-order valence-corrected chi connectivity index (χ2v) is 7.11. The van der Waals surface area contributed by atoms with Gasteiger partial charge in [0.2, 0.25) is 0 Å². The van der Waals surface area contributed by atoms with E-state index in [0.717, 1.165) is 18.6 Å². The number of hydrogen-bond donors (Lipinski definition) is 2. The van der Waals surface area contributed by atoms with Gasteiger partial charge in [-0.15, -0.1) is 0 Å². The van der Waals surface area contributed by atoms with E-state index in [1.165, 1.54) is 30.3 Å². The molecule has 2 rings (SSSR count). The minimum atomic E-state index is -3.87. The van der Waals surface area contributed by atoms with Crippen LogP contribution in [-0.2, 0) is 10.0 Å². The molecule has 0 spiro atoms. The van der Waals surface area contributed by atoms with Gasteiger partial charge in [0, 0.05) is 17.3 Å². The van der Waals surface area contributed by atoms with Crippen LogP contribution in [0.1, 0.15) is 30.6 Å². The maximum Gasteiger partial charge on any atom is 0.261 e. The third-order valence-corrected chi connectivity index (χ3v) is 4.87. The van der Waals surface area contributed by atoms with Crippen LogP contribution in [0, 0.1) is 5.82 Å². The molecule has 24 heavy (non-hydrogen) atoms. The van der Waals surface area contributed by atoms with Crippen LogP contribution in [-0.4, -0.2) is 20.4 Å². The number of nitrogens with one attached hydrogen (secondary N) is 2. The van der Waals surface area contributed by atoms with E-state index in [-0.39, 0.29) is 28.1 Å². The number of rotatable bonds is 6. The summed E-state index contributed by atoms with van der Waals surface area (Å²) in [6.45, 7) is 3.81. The van der Waals surface area contributed by atoms with Crippen LogP contribution in [0.5, 0.6) is 0 Å². The standard InChI is InChI=1S/C17H19FN2O3S/c1-3-12(2)19-17(21)13-5-4-6-16(11-13)24(22,23)20-15-9-7-14(18)8-10-15/h4-12,20H,3H2,1-2H3,(H,19,21)/t12-/m1/s1. The maximum absolute atomic E-state index is 12.9. The van der Waals surface area contributed by atoms with Crippen molar-refractivity contribution in [1.82, 2.24) is 5.32 Å². The van der Waals surface area contributed by atoms with E-state index >= 15 is 0 Å². The lowest BCUT2D eigenvalue weighted by Gasteiger charge is -2.12. The fraction of sp³-hybridized carbons (Fsp3) is 0.235. The Bertz CT molecular complexity index is 820. The molecule has 0 saturated carbocycles. The first kappa shape index (κ1) is 17.9. The van der Waals surface area contributed by atoms with E-state index in [1.54, 1.807) is 6.07 Å². The van der Waals surface area contributed by atoms with Gasteiger partial charge in [-0.1, -0.05) is 13.0 Å². The normalized spacial score (nSPS) is 12.5. The van der Waals surface area contributed by atoms with Crippen LogP contribution in [0.3, 0.4) is 0 Å². The third kappa shape index (κ3) is 4.55. The first-order valence-corrected chi connectivity index (χ1v) is 8.99. The highest BCUT2D eigenvalue weighted by atomic mass is 32.2. The highest BCUT2D eigenvalue weighted by Gasteiger charge is 2.17. The highest BCUT2D eigenvalue weighted by molar-refractivity contribution is 7.92. The largest absolute Gasteiger partial charge is 0.350 e. The molecule has 5 nitrogen and oxygen atoms in total. The van der Waals surface area contributed by atoms with Gasteiger partial charge in [0.25, 0.3) is 15.9 Å². The molecule has 1 amide bonds. The first-order valence-electron chi connectivity index (χ1n) is 7.51. The quantitative estimate of drug-likeness (QED) is 0.840. The molecule has 2 aromatic rings. The Kier molecular flexibility index (Phi) is 5.56. The molecule has 0 aliphatic carbocycles. The number of sulfonamides is 1.